The van der Waals surface area contributed by atoms with E-state index < -0.39 is 26.1 Å². The molecule has 1 aromatic rings. The molecule has 120 valence electrons. The van der Waals surface area contributed by atoms with Gasteiger partial charge in [-0.1, -0.05) is 0 Å². The van der Waals surface area contributed by atoms with E-state index in [0.717, 1.165) is 12.1 Å². The Labute approximate surface area is 119 Å². The van der Waals surface area contributed by atoms with Gasteiger partial charge in [-0.05, 0) is 37.5 Å². The van der Waals surface area contributed by atoms with Crippen molar-refractivity contribution in [3.63, 3.8) is 0 Å². The molecule has 0 atom stereocenters. The van der Waals surface area contributed by atoms with Gasteiger partial charge < -0.3 is 10.4 Å². The van der Waals surface area contributed by atoms with Crippen molar-refractivity contribution in [2.24, 2.45) is 0 Å². The predicted octanol–water partition coefficient (Wildman–Crippen LogP) is 2.69. The fourth-order valence-corrected chi connectivity index (χ4v) is 2.57. The average Bonchev–Trinajstić information content (AvgIpc) is 2.38. The van der Waals surface area contributed by atoms with E-state index in [9.17, 15) is 26.0 Å². The van der Waals surface area contributed by atoms with Crippen LogP contribution in [-0.4, -0.2) is 32.2 Å². The van der Waals surface area contributed by atoms with Crippen LogP contribution in [0.1, 0.15) is 19.3 Å². The zero-order valence-electron chi connectivity index (χ0n) is 11.0. The molecule has 21 heavy (non-hydrogen) atoms. The number of alkyl halides is 3. The molecule has 0 unspecified atom stereocenters. The third-order valence-corrected chi connectivity index (χ3v) is 4.21. The van der Waals surface area contributed by atoms with Crippen LogP contribution in [0.3, 0.4) is 0 Å². The molecular weight excluding hydrogens is 314 g/mol. The number of aliphatic hydroxyl groups excluding tert-OH is 1. The first-order valence-corrected chi connectivity index (χ1v) is 7.64. The number of hydrogen-bond acceptors (Lipinski definition) is 4. The standard InChI is InChI=1S/C12H15F4NO3S/c13-9-4-5-10(17-6-2-1-3-7-18)11(8-9)21(19,20)12(14,15)16/h4-5,8,17-18H,1-3,6-7H2. The lowest BCUT2D eigenvalue weighted by Gasteiger charge is -2.14. The van der Waals surface area contributed by atoms with E-state index in [4.69, 9.17) is 5.11 Å². The number of nitrogens with one attached hydrogen (secondary N) is 1. The Kier molecular flexibility index (Phi) is 5.97. The molecular formula is C12H15F4NO3S. The van der Waals surface area contributed by atoms with Crippen LogP contribution in [0.25, 0.3) is 0 Å². The molecule has 2 N–H and O–H groups in total. The fraction of sp³-hybridized carbons (Fsp3) is 0.500. The molecule has 0 bridgehead atoms. The van der Waals surface area contributed by atoms with E-state index in [1.165, 1.54) is 0 Å². The van der Waals surface area contributed by atoms with Gasteiger partial charge in [0.05, 0.1) is 5.69 Å². The molecule has 1 rings (SSSR count). The molecule has 0 saturated carbocycles. The number of aliphatic hydroxyl groups is 1. The maximum atomic E-state index is 13.1. The fourth-order valence-electron chi connectivity index (χ4n) is 1.63. The highest BCUT2D eigenvalue weighted by atomic mass is 32.2. The van der Waals surface area contributed by atoms with E-state index in [2.05, 4.69) is 5.32 Å². The second-order valence-electron chi connectivity index (χ2n) is 4.30. The summed E-state index contributed by atoms with van der Waals surface area (Å²) in [7, 11) is -5.62. The highest BCUT2D eigenvalue weighted by Gasteiger charge is 2.48. The number of unbranched alkanes of at least 4 members (excludes halogenated alkanes) is 2. The van der Waals surface area contributed by atoms with Crippen molar-refractivity contribution in [1.82, 2.24) is 0 Å². The summed E-state index contributed by atoms with van der Waals surface area (Å²) < 4.78 is 73.5. The van der Waals surface area contributed by atoms with Crippen molar-refractivity contribution in [3.8, 4) is 0 Å². The zero-order chi connectivity index (χ0) is 16.1. The summed E-state index contributed by atoms with van der Waals surface area (Å²) >= 11 is 0. The van der Waals surface area contributed by atoms with Crippen LogP contribution < -0.4 is 5.32 Å². The summed E-state index contributed by atoms with van der Waals surface area (Å²) in [5.41, 5.74) is -5.79. The topological polar surface area (TPSA) is 66.4 Å². The van der Waals surface area contributed by atoms with Crippen molar-refractivity contribution >= 4 is 15.5 Å². The minimum absolute atomic E-state index is 0.00422. The van der Waals surface area contributed by atoms with Gasteiger partial charge in [-0.25, -0.2) is 12.8 Å². The quantitative estimate of drug-likeness (QED) is 0.596. The molecule has 9 heteroatoms. The molecule has 4 nitrogen and oxygen atoms in total. The van der Waals surface area contributed by atoms with Crippen LogP contribution in [0.2, 0.25) is 0 Å². The van der Waals surface area contributed by atoms with E-state index in [1.54, 1.807) is 0 Å². The normalized spacial score (nSPS) is 12.4. The van der Waals surface area contributed by atoms with Crippen LogP contribution in [0.4, 0.5) is 23.2 Å². The first-order valence-electron chi connectivity index (χ1n) is 6.16. The lowest BCUT2D eigenvalue weighted by atomic mass is 10.2. The van der Waals surface area contributed by atoms with Crippen molar-refractivity contribution < 1.29 is 31.1 Å². The van der Waals surface area contributed by atoms with Gasteiger partial charge in [-0.2, -0.15) is 13.2 Å². The molecule has 0 aliphatic rings. The summed E-state index contributed by atoms with van der Waals surface area (Å²) in [5.74, 6) is -1.07. The summed E-state index contributed by atoms with van der Waals surface area (Å²) in [5, 5.41) is 11.1. The Hall–Kier alpha value is -1.35. The van der Waals surface area contributed by atoms with Gasteiger partial charge in [0.1, 0.15) is 10.7 Å². The van der Waals surface area contributed by atoms with Gasteiger partial charge >= 0.3 is 5.51 Å². The average molecular weight is 329 g/mol. The Bertz CT molecular complexity index is 572. The third-order valence-electron chi connectivity index (χ3n) is 2.69. The molecule has 0 heterocycles. The van der Waals surface area contributed by atoms with Crippen LogP contribution >= 0.6 is 0 Å². The Balaban J connectivity index is 2.96. The van der Waals surface area contributed by atoms with Gasteiger partial charge in [-0.15, -0.1) is 0 Å². The van der Waals surface area contributed by atoms with Gasteiger partial charge in [0.2, 0.25) is 0 Å². The van der Waals surface area contributed by atoms with E-state index in [-0.39, 0.29) is 18.8 Å². The van der Waals surface area contributed by atoms with Crippen molar-refractivity contribution in [1.29, 1.82) is 0 Å². The smallest absolute Gasteiger partial charge is 0.396 e. The van der Waals surface area contributed by atoms with Gasteiger partial charge in [0.25, 0.3) is 9.84 Å². The number of halogens is 4. The first kappa shape index (κ1) is 17.7. The van der Waals surface area contributed by atoms with Crippen LogP contribution in [0.5, 0.6) is 0 Å². The van der Waals surface area contributed by atoms with Crippen molar-refractivity contribution in [3.05, 3.63) is 24.0 Å². The lowest BCUT2D eigenvalue weighted by molar-refractivity contribution is -0.0435. The number of rotatable bonds is 7. The van der Waals surface area contributed by atoms with Crippen molar-refractivity contribution in [2.75, 3.05) is 18.5 Å². The molecule has 0 saturated heterocycles. The summed E-state index contributed by atoms with van der Waals surface area (Å²) in [6.45, 7) is 0.219. The van der Waals surface area contributed by atoms with E-state index >= 15 is 0 Å². The Morgan fingerprint density at radius 3 is 2.38 bits per heavy atom. The van der Waals surface area contributed by atoms with Gasteiger partial charge in [0.15, 0.2) is 0 Å². The molecule has 1 aromatic carbocycles. The summed E-state index contributed by atoms with van der Waals surface area (Å²) in [6, 6.07) is 2.18. The molecule has 0 fully saturated rings. The number of anilines is 1. The number of sulfone groups is 1. The maximum Gasteiger partial charge on any atom is 0.501 e. The summed E-state index contributed by atoms with van der Waals surface area (Å²) in [6.07, 6.45) is 1.70. The van der Waals surface area contributed by atoms with E-state index in [1.807, 2.05) is 0 Å². The number of hydrogen-bond donors (Lipinski definition) is 2. The van der Waals surface area contributed by atoms with Crippen LogP contribution in [0, 0.1) is 5.82 Å². The Morgan fingerprint density at radius 1 is 1.14 bits per heavy atom. The molecule has 0 aliphatic carbocycles. The molecule has 0 aromatic heterocycles. The van der Waals surface area contributed by atoms with E-state index in [0.29, 0.717) is 25.3 Å². The van der Waals surface area contributed by atoms with Gasteiger partial charge in [0, 0.05) is 13.2 Å². The third kappa shape index (κ3) is 4.57. The minimum Gasteiger partial charge on any atom is -0.396 e. The summed E-state index contributed by atoms with van der Waals surface area (Å²) in [4.78, 5) is -1.13. The van der Waals surface area contributed by atoms with Crippen LogP contribution in [-0.2, 0) is 9.84 Å². The number of benzene rings is 1. The SMILES string of the molecule is O=S(=O)(c1cc(F)ccc1NCCCCCO)C(F)(F)F. The van der Waals surface area contributed by atoms with Crippen LogP contribution in [0.15, 0.2) is 23.1 Å². The highest BCUT2D eigenvalue weighted by Crippen LogP contribution is 2.34. The largest absolute Gasteiger partial charge is 0.501 e. The first-order chi connectivity index (χ1) is 9.70. The second kappa shape index (κ2) is 7.08. The predicted molar refractivity (Wildman–Crippen MR) is 69.1 cm³/mol. The molecule has 0 aliphatic heterocycles. The lowest BCUT2D eigenvalue weighted by Crippen LogP contribution is -2.24. The molecule has 0 radical (unpaired) electrons. The highest BCUT2D eigenvalue weighted by molar-refractivity contribution is 7.92. The van der Waals surface area contributed by atoms with Crippen molar-refractivity contribution in [2.45, 2.75) is 29.7 Å². The monoisotopic (exact) mass is 329 g/mol. The zero-order valence-corrected chi connectivity index (χ0v) is 11.8. The van der Waals surface area contributed by atoms with Gasteiger partial charge in [-0.3, -0.25) is 0 Å². The maximum absolute atomic E-state index is 13.1. The second-order valence-corrected chi connectivity index (χ2v) is 6.21. The molecule has 0 amide bonds. The Morgan fingerprint density at radius 2 is 1.81 bits per heavy atom. The minimum atomic E-state index is -5.62. The molecule has 0 spiro atoms.